The second-order valence-corrected chi connectivity index (χ2v) is 5.78. The highest BCUT2D eigenvalue weighted by atomic mass is 35.5. The molecule has 0 atom stereocenters. The number of hydrogen-bond acceptors (Lipinski definition) is 1. The van der Waals surface area contributed by atoms with E-state index in [-0.39, 0.29) is 11.8 Å². The van der Waals surface area contributed by atoms with Crippen molar-refractivity contribution in [1.29, 1.82) is 0 Å². The number of benzene rings is 1. The Balaban J connectivity index is 2.17. The zero-order valence-corrected chi connectivity index (χ0v) is 13.1. The first-order valence-electron chi connectivity index (χ1n) is 6.65. The fourth-order valence-corrected chi connectivity index (χ4v) is 1.97. The average molecular weight is 345 g/mol. The van der Waals surface area contributed by atoms with Crippen molar-refractivity contribution in [1.82, 2.24) is 9.55 Å². The third-order valence-electron chi connectivity index (χ3n) is 2.85. The monoisotopic (exact) mass is 344 g/mol. The summed E-state index contributed by atoms with van der Waals surface area (Å²) < 4.78 is 52.4. The Morgan fingerprint density at radius 1 is 1.13 bits per heavy atom. The molecule has 2 nitrogen and oxygen atoms in total. The van der Waals surface area contributed by atoms with Gasteiger partial charge in [0.15, 0.2) is 5.67 Å². The van der Waals surface area contributed by atoms with E-state index in [4.69, 9.17) is 11.6 Å². The van der Waals surface area contributed by atoms with Crippen LogP contribution in [0.25, 0.3) is 0 Å². The molecular formula is C16H13ClF4N2. The van der Waals surface area contributed by atoms with Crippen LogP contribution in [0.4, 0.5) is 17.6 Å². The van der Waals surface area contributed by atoms with Gasteiger partial charge in [-0.15, -0.1) is 0 Å². The van der Waals surface area contributed by atoms with Gasteiger partial charge in [0.2, 0.25) is 5.28 Å². The van der Waals surface area contributed by atoms with Crippen molar-refractivity contribution in [2.24, 2.45) is 0 Å². The van der Waals surface area contributed by atoms with Crippen LogP contribution in [0.5, 0.6) is 0 Å². The van der Waals surface area contributed by atoms with Gasteiger partial charge >= 0.3 is 6.18 Å². The lowest BCUT2D eigenvalue weighted by atomic mass is 10.1. The Kier molecular flexibility index (Phi) is 4.71. The SMILES string of the molecule is CC(C)(F)C#Cc1cn(Cc2ccc(C(F)(F)F)cc2)c(Cl)n1. The first-order valence-corrected chi connectivity index (χ1v) is 7.03. The number of rotatable bonds is 2. The minimum Gasteiger partial charge on any atom is -0.316 e. The summed E-state index contributed by atoms with van der Waals surface area (Å²) in [7, 11) is 0. The maximum atomic E-state index is 13.3. The van der Waals surface area contributed by atoms with Crippen LogP contribution in [0.2, 0.25) is 5.28 Å². The smallest absolute Gasteiger partial charge is 0.316 e. The van der Waals surface area contributed by atoms with Gasteiger partial charge in [-0.1, -0.05) is 18.1 Å². The molecule has 0 N–H and O–H groups in total. The zero-order valence-electron chi connectivity index (χ0n) is 12.4. The molecule has 1 heterocycles. The maximum absolute atomic E-state index is 13.3. The predicted octanol–water partition coefficient (Wildman–Crippen LogP) is 4.70. The van der Waals surface area contributed by atoms with E-state index in [1.54, 1.807) is 0 Å². The molecule has 1 aromatic carbocycles. The van der Waals surface area contributed by atoms with Gasteiger partial charge in [0.05, 0.1) is 5.56 Å². The summed E-state index contributed by atoms with van der Waals surface area (Å²) in [5, 5.41) is 0.130. The molecule has 122 valence electrons. The van der Waals surface area contributed by atoms with Crippen molar-refractivity contribution in [2.75, 3.05) is 0 Å². The molecule has 2 aromatic rings. The van der Waals surface area contributed by atoms with Crippen molar-refractivity contribution >= 4 is 11.6 Å². The molecule has 7 heteroatoms. The van der Waals surface area contributed by atoms with Gasteiger partial charge < -0.3 is 4.57 Å². The number of halogens is 5. The van der Waals surface area contributed by atoms with E-state index < -0.39 is 17.4 Å². The van der Waals surface area contributed by atoms with E-state index >= 15 is 0 Å². The summed E-state index contributed by atoms with van der Waals surface area (Å²) in [5.41, 5.74) is -1.44. The largest absolute Gasteiger partial charge is 0.416 e. The van der Waals surface area contributed by atoms with E-state index in [0.29, 0.717) is 11.3 Å². The highest BCUT2D eigenvalue weighted by molar-refractivity contribution is 6.28. The molecule has 2 rings (SSSR count). The lowest BCUT2D eigenvalue weighted by Crippen LogP contribution is -2.06. The first-order chi connectivity index (χ1) is 10.5. The zero-order chi connectivity index (χ0) is 17.3. The molecule has 0 bridgehead atoms. The van der Waals surface area contributed by atoms with Crippen LogP contribution >= 0.6 is 11.6 Å². The van der Waals surface area contributed by atoms with Crippen LogP contribution in [0.1, 0.15) is 30.7 Å². The van der Waals surface area contributed by atoms with Crippen molar-refractivity contribution in [3.8, 4) is 11.8 Å². The summed E-state index contributed by atoms with van der Waals surface area (Å²) >= 11 is 5.96. The molecule has 0 fully saturated rings. The number of aromatic nitrogens is 2. The molecule has 23 heavy (non-hydrogen) atoms. The Morgan fingerprint density at radius 3 is 2.26 bits per heavy atom. The molecule has 0 saturated carbocycles. The number of hydrogen-bond donors (Lipinski definition) is 0. The molecule has 0 aliphatic carbocycles. The van der Waals surface area contributed by atoms with E-state index in [1.165, 1.54) is 36.7 Å². The lowest BCUT2D eigenvalue weighted by Gasteiger charge is -2.08. The van der Waals surface area contributed by atoms with E-state index in [2.05, 4.69) is 16.8 Å². The Hall–Kier alpha value is -2.00. The van der Waals surface area contributed by atoms with Crippen molar-refractivity contribution in [3.05, 3.63) is 52.6 Å². The lowest BCUT2D eigenvalue weighted by molar-refractivity contribution is -0.137. The van der Waals surface area contributed by atoms with Crippen LogP contribution in [-0.2, 0) is 12.7 Å². The second-order valence-electron chi connectivity index (χ2n) is 5.44. The topological polar surface area (TPSA) is 17.8 Å². The van der Waals surface area contributed by atoms with E-state index in [1.807, 2.05) is 0 Å². The summed E-state index contributed by atoms with van der Waals surface area (Å²) in [6.45, 7) is 2.88. The molecule has 0 unspecified atom stereocenters. The van der Waals surface area contributed by atoms with E-state index in [9.17, 15) is 17.6 Å². The van der Waals surface area contributed by atoms with Crippen LogP contribution in [0, 0.1) is 11.8 Å². The molecular weight excluding hydrogens is 332 g/mol. The third kappa shape index (κ3) is 5.00. The fraction of sp³-hybridized carbons (Fsp3) is 0.312. The van der Waals surface area contributed by atoms with Gasteiger partial charge in [0, 0.05) is 12.7 Å². The summed E-state index contributed by atoms with van der Waals surface area (Å²) in [4.78, 5) is 3.97. The van der Waals surface area contributed by atoms with E-state index in [0.717, 1.165) is 12.1 Å². The number of alkyl halides is 4. The normalized spacial score (nSPS) is 12.0. The molecule has 0 spiro atoms. The standard InChI is InChI=1S/C16H13ClF4N2/c1-15(2,18)8-7-13-10-23(14(17)22-13)9-11-3-5-12(6-4-11)16(19,20)21/h3-6,10H,9H2,1-2H3. The molecule has 0 saturated heterocycles. The van der Waals surface area contributed by atoms with Crippen molar-refractivity contribution in [2.45, 2.75) is 32.2 Å². The average Bonchev–Trinajstić information content (AvgIpc) is 2.76. The van der Waals surface area contributed by atoms with Crippen LogP contribution in [0.15, 0.2) is 30.5 Å². The van der Waals surface area contributed by atoms with Crippen LogP contribution < -0.4 is 0 Å². The highest BCUT2D eigenvalue weighted by Crippen LogP contribution is 2.29. The first kappa shape index (κ1) is 17.4. The Bertz CT molecular complexity index is 744. The van der Waals surface area contributed by atoms with Gasteiger partial charge in [-0.2, -0.15) is 13.2 Å². The minimum absolute atomic E-state index is 0.130. The highest BCUT2D eigenvalue weighted by Gasteiger charge is 2.29. The van der Waals surface area contributed by atoms with Gasteiger partial charge in [-0.25, -0.2) is 9.37 Å². The van der Waals surface area contributed by atoms with Gasteiger partial charge in [-0.3, -0.25) is 0 Å². The summed E-state index contributed by atoms with van der Waals surface area (Å²) in [6, 6.07) is 4.75. The Labute approximate surface area is 136 Å². The fourth-order valence-electron chi connectivity index (χ4n) is 1.77. The van der Waals surface area contributed by atoms with Crippen molar-refractivity contribution < 1.29 is 17.6 Å². The Morgan fingerprint density at radius 2 is 1.74 bits per heavy atom. The predicted molar refractivity (Wildman–Crippen MR) is 79.8 cm³/mol. The van der Waals surface area contributed by atoms with Gasteiger partial charge in [0.1, 0.15) is 5.69 Å². The third-order valence-corrected chi connectivity index (χ3v) is 3.15. The van der Waals surface area contributed by atoms with Crippen molar-refractivity contribution in [3.63, 3.8) is 0 Å². The van der Waals surface area contributed by atoms with Crippen LogP contribution in [-0.4, -0.2) is 15.2 Å². The molecule has 0 amide bonds. The molecule has 0 aliphatic rings. The molecule has 0 radical (unpaired) electrons. The summed E-state index contributed by atoms with van der Waals surface area (Å²) in [5.74, 6) is 4.96. The second kappa shape index (κ2) is 6.25. The number of nitrogens with zero attached hydrogens (tertiary/aromatic N) is 2. The summed E-state index contributed by atoms with van der Waals surface area (Å²) in [6.07, 6.45) is -2.84. The van der Waals surface area contributed by atoms with Crippen LogP contribution in [0.3, 0.4) is 0 Å². The van der Waals surface area contributed by atoms with Gasteiger partial charge in [-0.05, 0) is 49.1 Å². The minimum atomic E-state index is -4.37. The van der Waals surface area contributed by atoms with Gasteiger partial charge in [0.25, 0.3) is 0 Å². The molecule has 0 aliphatic heterocycles. The molecule has 1 aromatic heterocycles. The quantitative estimate of drug-likeness (QED) is 0.570. The number of imidazole rings is 1. The maximum Gasteiger partial charge on any atom is 0.416 e.